The predicted molar refractivity (Wildman–Crippen MR) is 161 cm³/mol. The van der Waals surface area contributed by atoms with Crippen LogP contribution in [0.5, 0.6) is 0 Å². The molecule has 1 aliphatic carbocycles. The molecule has 5 aromatic carbocycles. The van der Waals surface area contributed by atoms with Gasteiger partial charge in [0.05, 0.1) is 5.69 Å². The fourth-order valence-corrected chi connectivity index (χ4v) is 6.48. The standard InChI is InChI=1S/C37H30N2/c1-25-10-8-11-26(2)35(25)39-23-22-38-36(39)29-13-9-12-28(24-29)27-18-20-30(21-19-27)37(3)33-16-6-4-14-31(33)32-15-5-7-17-34(32)37/h4-24H,1-3H3. The Labute approximate surface area is 230 Å². The quantitative estimate of drug-likeness (QED) is 0.235. The van der Waals surface area contributed by atoms with Crippen LogP contribution in [0.2, 0.25) is 0 Å². The van der Waals surface area contributed by atoms with Gasteiger partial charge in [-0.15, -0.1) is 0 Å². The Morgan fingerprint density at radius 1 is 0.590 bits per heavy atom. The van der Waals surface area contributed by atoms with Gasteiger partial charge in [0.1, 0.15) is 5.82 Å². The van der Waals surface area contributed by atoms with Gasteiger partial charge in [0.2, 0.25) is 0 Å². The van der Waals surface area contributed by atoms with E-state index in [1.165, 1.54) is 55.8 Å². The van der Waals surface area contributed by atoms with Crippen LogP contribution in [0.15, 0.2) is 128 Å². The van der Waals surface area contributed by atoms with Gasteiger partial charge in [-0.3, -0.25) is 4.57 Å². The lowest BCUT2D eigenvalue weighted by atomic mass is 9.74. The Balaban J connectivity index is 1.27. The maximum Gasteiger partial charge on any atom is 0.144 e. The predicted octanol–water partition coefficient (Wildman–Crippen LogP) is 9.16. The summed E-state index contributed by atoms with van der Waals surface area (Å²) < 4.78 is 2.21. The minimum atomic E-state index is -0.177. The molecule has 1 heterocycles. The normalized spacial score (nSPS) is 13.2. The summed E-state index contributed by atoms with van der Waals surface area (Å²) in [4.78, 5) is 4.76. The van der Waals surface area contributed by atoms with Gasteiger partial charge >= 0.3 is 0 Å². The third-order valence-corrected chi connectivity index (χ3v) is 8.46. The van der Waals surface area contributed by atoms with Gasteiger partial charge in [-0.25, -0.2) is 4.98 Å². The van der Waals surface area contributed by atoms with Crippen molar-refractivity contribution >= 4 is 0 Å². The summed E-state index contributed by atoms with van der Waals surface area (Å²) in [6, 6.07) is 42.0. The van der Waals surface area contributed by atoms with Gasteiger partial charge in [0.15, 0.2) is 0 Å². The Morgan fingerprint density at radius 3 is 1.85 bits per heavy atom. The number of fused-ring (bicyclic) bond motifs is 3. The van der Waals surface area contributed by atoms with E-state index in [0.29, 0.717) is 0 Å². The molecule has 0 fully saturated rings. The minimum Gasteiger partial charge on any atom is -0.299 e. The molecule has 1 aromatic heterocycles. The van der Waals surface area contributed by atoms with E-state index in [4.69, 9.17) is 4.98 Å². The molecule has 0 saturated carbocycles. The van der Waals surface area contributed by atoms with Crippen LogP contribution in [0, 0.1) is 13.8 Å². The Bertz CT molecular complexity index is 1770. The van der Waals surface area contributed by atoms with Crippen LogP contribution >= 0.6 is 0 Å². The molecule has 0 amide bonds. The highest BCUT2D eigenvalue weighted by Crippen LogP contribution is 2.52. The van der Waals surface area contributed by atoms with Crippen molar-refractivity contribution in [1.29, 1.82) is 0 Å². The highest BCUT2D eigenvalue weighted by molar-refractivity contribution is 5.83. The van der Waals surface area contributed by atoms with Crippen molar-refractivity contribution in [2.75, 3.05) is 0 Å². The van der Waals surface area contributed by atoms with E-state index >= 15 is 0 Å². The first-order chi connectivity index (χ1) is 19.1. The first-order valence-electron chi connectivity index (χ1n) is 13.6. The highest BCUT2D eigenvalue weighted by Gasteiger charge is 2.40. The molecule has 39 heavy (non-hydrogen) atoms. The summed E-state index contributed by atoms with van der Waals surface area (Å²) in [5, 5.41) is 0. The first kappa shape index (κ1) is 23.4. The summed E-state index contributed by atoms with van der Waals surface area (Å²) in [6.45, 7) is 6.68. The van der Waals surface area contributed by atoms with Gasteiger partial charge in [-0.2, -0.15) is 0 Å². The SMILES string of the molecule is Cc1cccc(C)c1-n1ccnc1-c1cccc(-c2ccc(C3(C)c4ccccc4-c4ccccc43)cc2)c1. The van der Waals surface area contributed by atoms with Crippen LogP contribution in [0.4, 0.5) is 0 Å². The Hall–Kier alpha value is -4.69. The van der Waals surface area contributed by atoms with Crippen molar-refractivity contribution in [1.82, 2.24) is 9.55 Å². The van der Waals surface area contributed by atoms with Crippen LogP contribution in [0.3, 0.4) is 0 Å². The lowest BCUT2D eigenvalue weighted by Crippen LogP contribution is -2.22. The monoisotopic (exact) mass is 502 g/mol. The second kappa shape index (κ2) is 8.96. The number of aromatic nitrogens is 2. The van der Waals surface area contributed by atoms with E-state index in [0.717, 1.165) is 11.4 Å². The van der Waals surface area contributed by atoms with Crippen LogP contribution in [-0.4, -0.2) is 9.55 Å². The molecule has 6 aromatic rings. The molecule has 0 aliphatic heterocycles. The molecule has 7 rings (SSSR count). The number of imidazole rings is 1. The smallest absolute Gasteiger partial charge is 0.144 e. The fourth-order valence-electron chi connectivity index (χ4n) is 6.48. The van der Waals surface area contributed by atoms with E-state index in [-0.39, 0.29) is 5.41 Å². The van der Waals surface area contributed by atoms with Crippen LogP contribution in [-0.2, 0) is 5.41 Å². The zero-order valence-corrected chi connectivity index (χ0v) is 22.5. The molecular formula is C37H30N2. The molecule has 2 nitrogen and oxygen atoms in total. The third kappa shape index (κ3) is 3.59. The van der Waals surface area contributed by atoms with Crippen molar-refractivity contribution in [2.45, 2.75) is 26.2 Å². The van der Waals surface area contributed by atoms with E-state index in [9.17, 15) is 0 Å². The number of nitrogens with zero attached hydrogens (tertiary/aromatic N) is 2. The maximum absolute atomic E-state index is 4.76. The van der Waals surface area contributed by atoms with Gasteiger partial charge < -0.3 is 0 Å². The summed E-state index contributed by atoms with van der Waals surface area (Å²) in [5.41, 5.74) is 13.7. The lowest BCUT2D eigenvalue weighted by Gasteiger charge is -2.28. The largest absolute Gasteiger partial charge is 0.299 e. The van der Waals surface area contributed by atoms with Crippen LogP contribution < -0.4 is 0 Å². The van der Waals surface area contributed by atoms with Gasteiger partial charge in [-0.1, -0.05) is 109 Å². The summed E-state index contributed by atoms with van der Waals surface area (Å²) in [6.07, 6.45) is 3.95. The second-order valence-electron chi connectivity index (χ2n) is 10.7. The minimum absolute atomic E-state index is 0.177. The van der Waals surface area contributed by atoms with Crippen molar-refractivity contribution in [3.8, 4) is 39.3 Å². The zero-order chi connectivity index (χ0) is 26.6. The van der Waals surface area contributed by atoms with E-state index in [2.05, 4.69) is 147 Å². The van der Waals surface area contributed by atoms with Gasteiger partial charge in [0, 0.05) is 23.4 Å². The molecule has 0 N–H and O–H groups in total. The molecule has 188 valence electrons. The third-order valence-electron chi connectivity index (χ3n) is 8.46. The Morgan fingerprint density at radius 2 is 1.18 bits per heavy atom. The number of aryl methyl sites for hydroxylation is 2. The topological polar surface area (TPSA) is 17.8 Å². The van der Waals surface area contributed by atoms with Crippen molar-refractivity contribution in [3.05, 3.63) is 155 Å². The number of hydrogen-bond acceptors (Lipinski definition) is 1. The number of hydrogen-bond donors (Lipinski definition) is 0. The van der Waals surface area contributed by atoms with Crippen molar-refractivity contribution < 1.29 is 0 Å². The summed E-state index contributed by atoms with van der Waals surface area (Å²) in [5.74, 6) is 0.956. The molecule has 1 aliphatic rings. The highest BCUT2D eigenvalue weighted by atomic mass is 15.1. The van der Waals surface area contributed by atoms with Crippen LogP contribution in [0.25, 0.3) is 39.3 Å². The number of para-hydroxylation sites is 1. The van der Waals surface area contributed by atoms with Crippen molar-refractivity contribution in [3.63, 3.8) is 0 Å². The summed E-state index contributed by atoms with van der Waals surface area (Å²) >= 11 is 0. The number of benzene rings is 5. The molecule has 0 bridgehead atoms. The molecule has 0 saturated heterocycles. The first-order valence-corrected chi connectivity index (χ1v) is 13.6. The average molecular weight is 503 g/mol. The number of rotatable bonds is 4. The van der Waals surface area contributed by atoms with E-state index < -0.39 is 0 Å². The molecule has 0 radical (unpaired) electrons. The van der Waals surface area contributed by atoms with E-state index in [1.807, 2.05) is 6.20 Å². The molecule has 0 atom stereocenters. The molecular weight excluding hydrogens is 472 g/mol. The molecule has 0 unspecified atom stereocenters. The van der Waals surface area contributed by atoms with Gasteiger partial charge in [0.25, 0.3) is 0 Å². The molecule has 2 heteroatoms. The van der Waals surface area contributed by atoms with Gasteiger partial charge in [-0.05, 0) is 76.9 Å². The average Bonchev–Trinajstić information content (AvgIpc) is 3.56. The zero-order valence-electron chi connectivity index (χ0n) is 22.5. The maximum atomic E-state index is 4.76. The molecule has 0 spiro atoms. The Kier molecular flexibility index (Phi) is 5.38. The summed E-state index contributed by atoms with van der Waals surface area (Å²) in [7, 11) is 0. The second-order valence-corrected chi connectivity index (χ2v) is 10.7. The van der Waals surface area contributed by atoms with Crippen molar-refractivity contribution in [2.24, 2.45) is 0 Å². The van der Waals surface area contributed by atoms with Crippen LogP contribution in [0.1, 0.15) is 34.7 Å². The lowest BCUT2D eigenvalue weighted by molar-refractivity contribution is 0.714. The fraction of sp³-hybridized carbons (Fsp3) is 0.108. The van der Waals surface area contributed by atoms with E-state index in [1.54, 1.807) is 0 Å².